The van der Waals surface area contributed by atoms with Gasteiger partial charge in [-0.1, -0.05) is 23.2 Å². The maximum atomic E-state index is 11.2. The quantitative estimate of drug-likeness (QED) is 0.654. The van der Waals surface area contributed by atoms with Crippen molar-refractivity contribution in [1.82, 2.24) is 9.78 Å². The lowest BCUT2D eigenvalue weighted by atomic mass is 10.2. The van der Waals surface area contributed by atoms with Crippen molar-refractivity contribution in [3.63, 3.8) is 0 Å². The highest BCUT2D eigenvalue weighted by Gasteiger charge is 2.13. The SMILES string of the molecule is O=Cc1cn(-c2ccc(Cl)cc2Cl)nc1-c1ccsc1. The molecule has 0 amide bonds. The monoisotopic (exact) mass is 322 g/mol. The van der Waals surface area contributed by atoms with Crippen molar-refractivity contribution >= 4 is 40.8 Å². The standard InChI is InChI=1S/C14H8Cl2N2OS/c15-11-1-2-13(12(16)5-11)18-6-10(7-19)14(17-18)9-3-4-20-8-9/h1-8H. The second-order valence-corrected chi connectivity index (χ2v) is 5.73. The van der Waals surface area contributed by atoms with Crippen molar-refractivity contribution in [3.05, 3.63) is 56.8 Å². The van der Waals surface area contributed by atoms with E-state index >= 15 is 0 Å². The Kier molecular flexibility index (Phi) is 3.61. The number of hydrogen-bond acceptors (Lipinski definition) is 3. The number of carbonyl (C=O) groups is 1. The zero-order valence-corrected chi connectivity index (χ0v) is 12.4. The van der Waals surface area contributed by atoms with Gasteiger partial charge in [-0.25, -0.2) is 4.68 Å². The molecule has 0 spiro atoms. The van der Waals surface area contributed by atoms with Crippen LogP contribution in [0.25, 0.3) is 16.9 Å². The summed E-state index contributed by atoms with van der Waals surface area (Å²) in [6, 6.07) is 7.07. The molecule has 3 rings (SSSR count). The van der Waals surface area contributed by atoms with Gasteiger partial charge in [-0.05, 0) is 29.6 Å². The van der Waals surface area contributed by atoms with E-state index < -0.39 is 0 Å². The molecule has 3 aromatic rings. The van der Waals surface area contributed by atoms with E-state index in [1.165, 1.54) is 0 Å². The van der Waals surface area contributed by atoms with Gasteiger partial charge in [0, 0.05) is 22.2 Å². The first-order valence-electron chi connectivity index (χ1n) is 5.72. The second kappa shape index (κ2) is 5.40. The molecule has 20 heavy (non-hydrogen) atoms. The van der Waals surface area contributed by atoms with E-state index in [1.54, 1.807) is 40.4 Å². The van der Waals surface area contributed by atoms with Crippen molar-refractivity contribution in [3.8, 4) is 16.9 Å². The lowest BCUT2D eigenvalue weighted by Crippen LogP contribution is -1.95. The fraction of sp³-hybridized carbons (Fsp3) is 0. The molecule has 0 N–H and O–H groups in total. The first-order chi connectivity index (χ1) is 9.69. The van der Waals surface area contributed by atoms with Crippen molar-refractivity contribution in [2.24, 2.45) is 0 Å². The molecule has 0 aliphatic heterocycles. The third-order valence-electron chi connectivity index (χ3n) is 2.82. The van der Waals surface area contributed by atoms with Gasteiger partial charge in [-0.2, -0.15) is 16.4 Å². The van der Waals surface area contributed by atoms with Crippen LogP contribution < -0.4 is 0 Å². The molecule has 0 bridgehead atoms. The lowest BCUT2D eigenvalue weighted by Gasteiger charge is -2.04. The minimum absolute atomic E-state index is 0.481. The Bertz CT molecular complexity index is 766. The molecule has 3 nitrogen and oxygen atoms in total. The molecular formula is C14H8Cl2N2OS. The highest BCUT2D eigenvalue weighted by atomic mass is 35.5. The fourth-order valence-electron chi connectivity index (χ4n) is 1.89. The van der Waals surface area contributed by atoms with E-state index in [4.69, 9.17) is 23.2 Å². The average Bonchev–Trinajstić information content (AvgIpc) is 3.07. The summed E-state index contributed by atoms with van der Waals surface area (Å²) >= 11 is 13.6. The third-order valence-corrected chi connectivity index (χ3v) is 4.04. The zero-order valence-electron chi connectivity index (χ0n) is 10.1. The van der Waals surface area contributed by atoms with Gasteiger partial charge in [0.25, 0.3) is 0 Å². The Morgan fingerprint density at radius 3 is 2.75 bits per heavy atom. The van der Waals surface area contributed by atoms with Gasteiger partial charge < -0.3 is 0 Å². The van der Waals surface area contributed by atoms with Crippen LogP contribution >= 0.6 is 34.5 Å². The first-order valence-corrected chi connectivity index (χ1v) is 7.42. The molecule has 2 heterocycles. The normalized spacial score (nSPS) is 10.7. The van der Waals surface area contributed by atoms with Crippen LogP contribution in [0.3, 0.4) is 0 Å². The van der Waals surface area contributed by atoms with Crippen LogP contribution in [-0.4, -0.2) is 16.1 Å². The Hall–Kier alpha value is -1.62. The molecule has 0 fully saturated rings. The molecule has 2 aromatic heterocycles. The highest BCUT2D eigenvalue weighted by Crippen LogP contribution is 2.28. The van der Waals surface area contributed by atoms with Gasteiger partial charge in [-0.3, -0.25) is 4.79 Å². The summed E-state index contributed by atoms with van der Waals surface area (Å²) in [5, 5.41) is 9.38. The molecular weight excluding hydrogens is 315 g/mol. The molecule has 0 unspecified atom stereocenters. The van der Waals surface area contributed by atoms with E-state index in [0.29, 0.717) is 27.0 Å². The van der Waals surface area contributed by atoms with Crippen molar-refractivity contribution < 1.29 is 4.79 Å². The fourth-order valence-corrected chi connectivity index (χ4v) is 3.02. The zero-order chi connectivity index (χ0) is 14.1. The smallest absolute Gasteiger partial charge is 0.153 e. The number of aldehydes is 1. The summed E-state index contributed by atoms with van der Waals surface area (Å²) in [6.45, 7) is 0. The summed E-state index contributed by atoms with van der Waals surface area (Å²) in [5.74, 6) is 0. The molecule has 0 aliphatic rings. The van der Waals surface area contributed by atoms with E-state index in [2.05, 4.69) is 5.10 Å². The maximum Gasteiger partial charge on any atom is 0.153 e. The number of benzene rings is 1. The molecule has 1 aromatic carbocycles. The average molecular weight is 323 g/mol. The van der Waals surface area contributed by atoms with Crippen LogP contribution in [-0.2, 0) is 0 Å². The topological polar surface area (TPSA) is 34.9 Å². The Labute approximate surface area is 129 Å². The Morgan fingerprint density at radius 1 is 1.25 bits per heavy atom. The van der Waals surface area contributed by atoms with Crippen LogP contribution in [0.2, 0.25) is 10.0 Å². The molecule has 0 radical (unpaired) electrons. The Morgan fingerprint density at radius 2 is 2.10 bits per heavy atom. The summed E-state index contributed by atoms with van der Waals surface area (Å²) < 4.78 is 1.59. The molecule has 0 aliphatic carbocycles. The predicted octanol–water partition coefficient (Wildman–Crippen LogP) is 4.72. The summed E-state index contributed by atoms with van der Waals surface area (Å²) in [5.41, 5.74) is 2.77. The van der Waals surface area contributed by atoms with Gasteiger partial charge in [-0.15, -0.1) is 0 Å². The van der Waals surface area contributed by atoms with E-state index in [1.807, 2.05) is 16.8 Å². The number of carbonyl (C=O) groups excluding carboxylic acids is 1. The van der Waals surface area contributed by atoms with Gasteiger partial charge in [0.1, 0.15) is 5.69 Å². The summed E-state index contributed by atoms with van der Waals surface area (Å²) in [6.07, 6.45) is 2.45. The molecule has 100 valence electrons. The summed E-state index contributed by atoms with van der Waals surface area (Å²) in [7, 11) is 0. The van der Waals surface area contributed by atoms with Crippen LogP contribution in [0.4, 0.5) is 0 Å². The number of nitrogens with zero attached hydrogens (tertiary/aromatic N) is 2. The summed E-state index contributed by atoms with van der Waals surface area (Å²) in [4.78, 5) is 11.2. The highest BCUT2D eigenvalue weighted by molar-refractivity contribution is 7.08. The van der Waals surface area contributed by atoms with Gasteiger partial charge in [0.15, 0.2) is 6.29 Å². The predicted molar refractivity (Wildman–Crippen MR) is 82.3 cm³/mol. The van der Waals surface area contributed by atoms with Gasteiger partial charge in [0.2, 0.25) is 0 Å². The second-order valence-electron chi connectivity index (χ2n) is 4.10. The van der Waals surface area contributed by atoms with Crippen LogP contribution in [0.1, 0.15) is 10.4 Å². The van der Waals surface area contributed by atoms with Crippen LogP contribution in [0.15, 0.2) is 41.2 Å². The van der Waals surface area contributed by atoms with Crippen molar-refractivity contribution in [2.75, 3.05) is 0 Å². The maximum absolute atomic E-state index is 11.2. The van der Waals surface area contributed by atoms with Crippen LogP contribution in [0.5, 0.6) is 0 Å². The van der Waals surface area contributed by atoms with Crippen LogP contribution in [0, 0.1) is 0 Å². The van der Waals surface area contributed by atoms with Crippen molar-refractivity contribution in [2.45, 2.75) is 0 Å². The van der Waals surface area contributed by atoms with E-state index in [-0.39, 0.29) is 0 Å². The molecule has 0 saturated heterocycles. The molecule has 6 heteroatoms. The van der Waals surface area contributed by atoms with Crippen molar-refractivity contribution in [1.29, 1.82) is 0 Å². The van der Waals surface area contributed by atoms with E-state index in [0.717, 1.165) is 11.8 Å². The van der Waals surface area contributed by atoms with Gasteiger partial charge >= 0.3 is 0 Å². The number of aromatic nitrogens is 2. The minimum Gasteiger partial charge on any atom is -0.298 e. The number of halogens is 2. The third kappa shape index (κ3) is 2.38. The number of hydrogen-bond donors (Lipinski definition) is 0. The molecule has 0 saturated carbocycles. The lowest BCUT2D eigenvalue weighted by molar-refractivity contribution is 0.112. The number of rotatable bonds is 3. The minimum atomic E-state index is 0.481. The Balaban J connectivity index is 2.14. The molecule has 0 atom stereocenters. The largest absolute Gasteiger partial charge is 0.298 e. The van der Waals surface area contributed by atoms with Gasteiger partial charge in [0.05, 0.1) is 16.3 Å². The van der Waals surface area contributed by atoms with E-state index in [9.17, 15) is 4.79 Å². The first kappa shape index (κ1) is 13.4. The number of thiophene rings is 1.